The molecule has 5 rings (SSSR count). The Morgan fingerprint density at radius 3 is 2.31 bits per heavy atom. The van der Waals surface area contributed by atoms with E-state index in [4.69, 9.17) is 4.74 Å². The molecule has 6 atom stereocenters. The lowest BCUT2D eigenvalue weighted by Gasteiger charge is -2.51. The molecule has 0 saturated carbocycles. The number of ether oxygens (including phenoxy) is 1. The van der Waals surface area contributed by atoms with E-state index in [1.807, 2.05) is 0 Å². The molecule has 2 aliphatic heterocycles. The summed E-state index contributed by atoms with van der Waals surface area (Å²) in [7, 11) is -3.82. The Morgan fingerprint density at radius 2 is 1.73 bits per heavy atom. The quantitative estimate of drug-likeness (QED) is 0.204. The zero-order valence-electron chi connectivity index (χ0n) is 23.0. The van der Waals surface area contributed by atoms with Crippen LogP contribution in [-0.2, 0) is 20.9 Å². The fourth-order valence-corrected chi connectivity index (χ4v) is 7.79. The molecule has 2 aliphatic rings. The van der Waals surface area contributed by atoms with Crippen LogP contribution in [0.5, 0.6) is 0 Å². The minimum Gasteiger partial charge on any atom is -0.394 e. The third kappa shape index (κ3) is 6.44. The number of β-amino-alcohol motifs (C(OH)–C–C–N with tert-alkyl or cyclic N) is 1. The van der Waals surface area contributed by atoms with Crippen molar-refractivity contribution in [2.45, 2.75) is 46.8 Å². The maximum absolute atomic E-state index is 14.1. The number of aromatic nitrogens is 3. The average Bonchev–Trinajstić information content (AvgIpc) is 3.42. The third-order valence-electron chi connectivity index (χ3n) is 7.62. The first-order valence-corrected chi connectivity index (χ1v) is 15.9. The molecule has 0 unspecified atom stereocenters. The van der Waals surface area contributed by atoms with Crippen molar-refractivity contribution in [3.05, 3.63) is 71.2 Å². The van der Waals surface area contributed by atoms with Gasteiger partial charge in [0.15, 0.2) is 17.5 Å². The number of aliphatic hydroxyl groups is 4. The maximum Gasteiger partial charge on any atom is 0.416 e. The summed E-state index contributed by atoms with van der Waals surface area (Å²) in [5, 5.41) is 49.7. The zero-order valence-corrected chi connectivity index (χ0v) is 24.6. The van der Waals surface area contributed by atoms with E-state index in [0.29, 0.717) is 23.9 Å². The minimum absolute atomic E-state index is 0.204. The average molecular weight is 685 g/mol. The van der Waals surface area contributed by atoms with Gasteiger partial charge in [-0.15, -0.1) is 16.9 Å². The van der Waals surface area contributed by atoms with Crippen molar-refractivity contribution in [2.24, 2.45) is 0 Å². The molecule has 1 aromatic heterocycles. The van der Waals surface area contributed by atoms with Gasteiger partial charge in [0.2, 0.25) is 10.0 Å². The first kappa shape index (κ1) is 33.6. The Morgan fingerprint density at radius 1 is 1.11 bits per heavy atom. The Hall–Kier alpha value is -2.78. The van der Waals surface area contributed by atoms with Crippen LogP contribution in [0.3, 0.4) is 0 Å². The van der Waals surface area contributed by atoms with E-state index in [-0.39, 0.29) is 11.3 Å². The second kappa shape index (κ2) is 12.1. The predicted octanol–water partition coefficient (Wildman–Crippen LogP) is 1.84. The Kier molecular flexibility index (Phi) is 9.03. The summed E-state index contributed by atoms with van der Waals surface area (Å²) in [6.45, 7) is -2.00. The molecule has 0 amide bonds. The van der Waals surface area contributed by atoms with Gasteiger partial charge in [-0.1, -0.05) is 23.4 Å². The zero-order chi connectivity index (χ0) is 33.1. The standard InChI is InChI=1S/C26H26F6N4O7S2/c1-45(41,42)35-10-25(40,11-35)23(13-4-2-3-5-14(13)26(30,31)32)44-24-22(39)20(21(38)18(9-37)43-24)36-8-17(33-34-36)12-6-15(27)19(29)16(28)7-12/h2-8,18,20-24,37-40H,9-11H2,1H3/t18-,20+,21+,22-,23-,24+/m1/s1. The van der Waals surface area contributed by atoms with Crippen LogP contribution in [0.4, 0.5) is 26.3 Å². The summed E-state index contributed by atoms with van der Waals surface area (Å²) in [6, 6.07) is 4.06. The molecule has 2 saturated heterocycles. The molecular formula is C26H26F6N4O7S2. The molecule has 0 spiro atoms. The summed E-state index contributed by atoms with van der Waals surface area (Å²) in [5.41, 5.74) is -5.65. The SMILES string of the molecule is CS(=O)(=O)N1CC(O)([C@H](S[C@@H]2O[C@H](CO)[C@H](O)[C@H](n3cc(-c4cc(F)c(F)c(F)c4)nn3)[C@H]2O)c2ccccc2C(F)(F)F)C1. The van der Waals surface area contributed by atoms with Gasteiger partial charge in [0, 0.05) is 18.7 Å². The van der Waals surface area contributed by atoms with Crippen LogP contribution in [-0.4, -0.2) is 103 Å². The molecule has 2 aromatic carbocycles. The molecule has 11 nitrogen and oxygen atoms in total. The third-order valence-corrected chi connectivity index (χ3v) is 10.4. The molecule has 0 radical (unpaired) electrons. The molecular weight excluding hydrogens is 658 g/mol. The van der Waals surface area contributed by atoms with Crippen molar-refractivity contribution in [1.29, 1.82) is 0 Å². The lowest BCUT2D eigenvalue weighted by atomic mass is 9.86. The Balaban J connectivity index is 1.51. The van der Waals surface area contributed by atoms with Crippen molar-refractivity contribution in [3.8, 4) is 11.3 Å². The first-order chi connectivity index (χ1) is 20.9. The number of hydrogen-bond donors (Lipinski definition) is 4. The second-order valence-corrected chi connectivity index (χ2v) is 14.0. The van der Waals surface area contributed by atoms with E-state index < -0.39 is 105 Å². The normalized spacial score (nSPS) is 26.4. The van der Waals surface area contributed by atoms with Crippen molar-refractivity contribution < 1.29 is 59.9 Å². The number of aliphatic hydroxyl groups excluding tert-OH is 3. The summed E-state index contributed by atoms with van der Waals surface area (Å²) in [6.07, 6.45) is -7.94. The summed E-state index contributed by atoms with van der Waals surface area (Å²) < 4.78 is 115. The molecule has 4 N–H and O–H groups in total. The van der Waals surface area contributed by atoms with Gasteiger partial charge in [-0.2, -0.15) is 17.5 Å². The van der Waals surface area contributed by atoms with Gasteiger partial charge < -0.3 is 25.2 Å². The molecule has 0 aliphatic carbocycles. The van der Waals surface area contributed by atoms with Gasteiger partial charge in [0.1, 0.15) is 41.1 Å². The number of halogens is 6. The van der Waals surface area contributed by atoms with Gasteiger partial charge >= 0.3 is 6.18 Å². The van der Waals surface area contributed by atoms with E-state index >= 15 is 0 Å². The molecule has 45 heavy (non-hydrogen) atoms. The van der Waals surface area contributed by atoms with Crippen LogP contribution in [0.2, 0.25) is 0 Å². The van der Waals surface area contributed by atoms with E-state index in [1.54, 1.807) is 0 Å². The number of benzene rings is 2. The van der Waals surface area contributed by atoms with E-state index in [9.17, 15) is 55.2 Å². The van der Waals surface area contributed by atoms with Crippen LogP contribution in [0.25, 0.3) is 11.3 Å². The highest BCUT2D eigenvalue weighted by Crippen LogP contribution is 2.51. The molecule has 3 aromatic rings. The Bertz CT molecular complexity index is 1650. The fraction of sp³-hybridized carbons (Fsp3) is 0.462. The lowest BCUT2D eigenvalue weighted by Crippen LogP contribution is -2.66. The lowest BCUT2D eigenvalue weighted by molar-refractivity contribution is -0.179. The summed E-state index contributed by atoms with van der Waals surface area (Å²) in [5.74, 6) is -4.76. The van der Waals surface area contributed by atoms with Crippen molar-refractivity contribution in [2.75, 3.05) is 26.0 Å². The molecule has 2 fully saturated rings. The number of thioether (sulfide) groups is 1. The van der Waals surface area contributed by atoms with E-state index in [1.165, 1.54) is 6.07 Å². The topological polar surface area (TPSA) is 158 Å². The van der Waals surface area contributed by atoms with Gasteiger partial charge in [-0.3, -0.25) is 0 Å². The smallest absolute Gasteiger partial charge is 0.394 e. The van der Waals surface area contributed by atoms with Crippen molar-refractivity contribution in [3.63, 3.8) is 0 Å². The molecule has 19 heteroatoms. The molecule has 246 valence electrons. The van der Waals surface area contributed by atoms with Crippen LogP contribution >= 0.6 is 11.8 Å². The van der Waals surface area contributed by atoms with Gasteiger partial charge in [-0.05, 0) is 23.8 Å². The fourth-order valence-electron chi connectivity index (χ4n) is 5.32. The van der Waals surface area contributed by atoms with Gasteiger partial charge in [0.05, 0.1) is 29.9 Å². The van der Waals surface area contributed by atoms with Crippen LogP contribution in [0.15, 0.2) is 42.6 Å². The van der Waals surface area contributed by atoms with Crippen molar-refractivity contribution >= 4 is 21.8 Å². The highest BCUT2D eigenvalue weighted by Gasteiger charge is 2.56. The number of rotatable bonds is 8. The maximum atomic E-state index is 14.1. The highest BCUT2D eigenvalue weighted by atomic mass is 32.2. The van der Waals surface area contributed by atoms with E-state index in [2.05, 4.69) is 10.3 Å². The monoisotopic (exact) mass is 684 g/mol. The molecule has 0 bridgehead atoms. The number of sulfonamides is 1. The van der Waals surface area contributed by atoms with E-state index in [0.717, 1.165) is 39.6 Å². The van der Waals surface area contributed by atoms with Crippen LogP contribution < -0.4 is 0 Å². The Labute approximate surface area is 256 Å². The predicted molar refractivity (Wildman–Crippen MR) is 145 cm³/mol. The summed E-state index contributed by atoms with van der Waals surface area (Å²) >= 11 is 0.513. The highest BCUT2D eigenvalue weighted by molar-refractivity contribution is 8.00. The largest absolute Gasteiger partial charge is 0.416 e. The number of hydrogen-bond acceptors (Lipinski definition) is 10. The van der Waals surface area contributed by atoms with Crippen LogP contribution in [0.1, 0.15) is 22.4 Å². The van der Waals surface area contributed by atoms with Crippen molar-refractivity contribution in [1.82, 2.24) is 19.3 Å². The van der Waals surface area contributed by atoms with Gasteiger partial charge in [0.25, 0.3) is 0 Å². The van der Waals surface area contributed by atoms with Gasteiger partial charge in [-0.25, -0.2) is 26.3 Å². The number of alkyl halides is 3. The first-order valence-electron chi connectivity index (χ1n) is 13.1. The molecule has 3 heterocycles. The minimum atomic E-state index is -4.89. The second-order valence-electron chi connectivity index (χ2n) is 10.8. The summed E-state index contributed by atoms with van der Waals surface area (Å²) in [4.78, 5) is 0. The number of nitrogens with zero attached hydrogens (tertiary/aromatic N) is 4. The van der Waals surface area contributed by atoms with Crippen LogP contribution in [0, 0.1) is 17.5 Å².